The lowest BCUT2D eigenvalue weighted by Crippen LogP contribution is -2.33. The lowest BCUT2D eigenvalue weighted by atomic mass is 9.89. The zero-order chi connectivity index (χ0) is 13.9. The molecule has 2 atom stereocenters. The monoisotopic (exact) mass is 268 g/mol. The van der Waals surface area contributed by atoms with Crippen molar-refractivity contribution in [2.24, 2.45) is 5.84 Å². The van der Waals surface area contributed by atoms with Crippen LogP contribution in [0.1, 0.15) is 47.7 Å². The van der Waals surface area contributed by atoms with Gasteiger partial charge in [0.15, 0.2) is 0 Å². The first kappa shape index (κ1) is 13.2. The Morgan fingerprint density at radius 3 is 3.10 bits per heavy atom. The highest BCUT2D eigenvalue weighted by molar-refractivity contribution is 5.35. The van der Waals surface area contributed by atoms with E-state index < -0.39 is 0 Å². The van der Waals surface area contributed by atoms with Gasteiger partial charge >= 0.3 is 0 Å². The minimum atomic E-state index is 0.101. The van der Waals surface area contributed by atoms with E-state index in [1.165, 1.54) is 22.4 Å². The van der Waals surface area contributed by atoms with Crippen LogP contribution in [0.3, 0.4) is 0 Å². The van der Waals surface area contributed by atoms with Gasteiger partial charge in [0.25, 0.3) is 0 Å². The molecule has 2 aromatic rings. The van der Waals surface area contributed by atoms with Gasteiger partial charge in [0.2, 0.25) is 0 Å². The summed E-state index contributed by atoms with van der Waals surface area (Å²) in [5, 5.41) is 0. The molecule has 4 heteroatoms. The van der Waals surface area contributed by atoms with Crippen molar-refractivity contribution in [1.82, 2.24) is 15.4 Å². The maximum atomic E-state index is 5.87. The van der Waals surface area contributed by atoms with Crippen molar-refractivity contribution in [3.05, 3.63) is 59.2 Å². The highest BCUT2D eigenvalue weighted by Gasteiger charge is 2.32. The van der Waals surface area contributed by atoms with E-state index in [4.69, 9.17) is 5.84 Å². The lowest BCUT2D eigenvalue weighted by molar-refractivity contribution is 0.444. The number of hydrazine groups is 1. The molecule has 0 aliphatic heterocycles. The number of aromatic nitrogens is 2. The average Bonchev–Trinajstić information content (AvgIpc) is 2.93. The van der Waals surface area contributed by atoms with Crippen LogP contribution in [0, 0.1) is 0 Å². The van der Waals surface area contributed by atoms with E-state index in [0.29, 0.717) is 5.92 Å². The van der Waals surface area contributed by atoms with Gasteiger partial charge in [-0.05, 0) is 48.1 Å². The molecular weight excluding hydrogens is 248 g/mol. The van der Waals surface area contributed by atoms with Crippen LogP contribution in [-0.4, -0.2) is 9.97 Å². The quantitative estimate of drug-likeness (QED) is 0.659. The second-order valence-electron chi connectivity index (χ2n) is 5.27. The Kier molecular flexibility index (Phi) is 3.76. The van der Waals surface area contributed by atoms with E-state index in [1.807, 2.05) is 24.7 Å². The van der Waals surface area contributed by atoms with Gasteiger partial charge in [0.05, 0.1) is 6.04 Å². The molecule has 1 aliphatic carbocycles. The first-order valence-electron chi connectivity index (χ1n) is 7.17. The molecule has 4 nitrogen and oxygen atoms in total. The molecule has 104 valence electrons. The summed E-state index contributed by atoms with van der Waals surface area (Å²) in [6.45, 7) is 2.15. The Morgan fingerprint density at radius 2 is 2.30 bits per heavy atom. The third-order valence-corrected chi connectivity index (χ3v) is 4.24. The second-order valence-corrected chi connectivity index (χ2v) is 5.27. The topological polar surface area (TPSA) is 63.8 Å². The highest BCUT2D eigenvalue weighted by atomic mass is 15.2. The summed E-state index contributed by atoms with van der Waals surface area (Å²) in [7, 11) is 0. The molecule has 3 N–H and O–H groups in total. The average molecular weight is 268 g/mol. The van der Waals surface area contributed by atoms with E-state index >= 15 is 0 Å². The number of fused-ring (bicyclic) bond motifs is 1. The molecule has 0 radical (unpaired) electrons. The van der Waals surface area contributed by atoms with Gasteiger partial charge in [0, 0.05) is 30.2 Å². The van der Waals surface area contributed by atoms with Crippen LogP contribution in [0.5, 0.6) is 0 Å². The zero-order valence-corrected chi connectivity index (χ0v) is 11.7. The van der Waals surface area contributed by atoms with Crippen molar-refractivity contribution in [2.45, 2.75) is 38.1 Å². The van der Waals surface area contributed by atoms with E-state index in [9.17, 15) is 0 Å². The highest BCUT2D eigenvalue weighted by Crippen LogP contribution is 2.40. The molecular formula is C16H20N4. The number of pyridine rings is 2. The van der Waals surface area contributed by atoms with Gasteiger partial charge in [0.1, 0.15) is 0 Å². The predicted molar refractivity (Wildman–Crippen MR) is 79.0 cm³/mol. The molecule has 2 heterocycles. The Balaban J connectivity index is 1.99. The fourth-order valence-corrected chi connectivity index (χ4v) is 3.23. The van der Waals surface area contributed by atoms with Gasteiger partial charge in [-0.25, -0.2) is 0 Å². The molecule has 0 saturated carbocycles. The van der Waals surface area contributed by atoms with Crippen LogP contribution in [-0.2, 0) is 12.8 Å². The van der Waals surface area contributed by atoms with Gasteiger partial charge in [-0.3, -0.25) is 21.2 Å². The SMILES string of the molecule is CCc1cnccc1C(NN)C1CCc2cccnc21. The molecule has 20 heavy (non-hydrogen) atoms. The third-order valence-electron chi connectivity index (χ3n) is 4.24. The summed E-state index contributed by atoms with van der Waals surface area (Å²) in [6, 6.07) is 6.35. The maximum Gasteiger partial charge on any atom is 0.0547 e. The maximum absolute atomic E-state index is 5.87. The van der Waals surface area contributed by atoms with Crippen LogP contribution >= 0.6 is 0 Å². The Bertz CT molecular complexity index is 597. The Morgan fingerprint density at radius 1 is 1.40 bits per heavy atom. The molecule has 2 unspecified atom stereocenters. The standard InChI is InChI=1S/C16H20N4/c1-2-11-10-18-9-7-13(11)16(20-17)14-6-5-12-4-3-8-19-15(12)14/h3-4,7-10,14,16,20H,2,5-6,17H2,1H3. The van der Waals surface area contributed by atoms with E-state index in [1.54, 1.807) is 0 Å². The van der Waals surface area contributed by atoms with Crippen molar-refractivity contribution < 1.29 is 0 Å². The fraction of sp³-hybridized carbons (Fsp3) is 0.375. The molecule has 0 aromatic carbocycles. The number of hydrogen-bond donors (Lipinski definition) is 2. The summed E-state index contributed by atoms with van der Waals surface area (Å²) in [6.07, 6.45) is 8.79. The van der Waals surface area contributed by atoms with Crippen molar-refractivity contribution in [2.75, 3.05) is 0 Å². The largest absolute Gasteiger partial charge is 0.271 e. The Hall–Kier alpha value is -1.78. The summed E-state index contributed by atoms with van der Waals surface area (Å²) in [5.41, 5.74) is 8.04. The van der Waals surface area contributed by atoms with E-state index in [-0.39, 0.29) is 6.04 Å². The van der Waals surface area contributed by atoms with E-state index in [2.05, 4.69) is 34.5 Å². The van der Waals surface area contributed by atoms with Crippen LogP contribution in [0.15, 0.2) is 36.8 Å². The smallest absolute Gasteiger partial charge is 0.0547 e. The number of aryl methyl sites for hydroxylation is 2. The van der Waals surface area contributed by atoms with E-state index in [0.717, 1.165) is 19.3 Å². The number of nitrogens with two attached hydrogens (primary N) is 1. The number of rotatable bonds is 4. The number of hydrogen-bond acceptors (Lipinski definition) is 4. The minimum absolute atomic E-state index is 0.101. The zero-order valence-electron chi connectivity index (χ0n) is 11.7. The molecule has 0 spiro atoms. The Labute approximate surface area is 119 Å². The van der Waals surface area contributed by atoms with Crippen LogP contribution in [0.25, 0.3) is 0 Å². The molecule has 2 aromatic heterocycles. The predicted octanol–water partition coefficient (Wildman–Crippen LogP) is 2.27. The van der Waals surface area contributed by atoms with Gasteiger partial charge in [-0.2, -0.15) is 0 Å². The molecule has 0 amide bonds. The van der Waals surface area contributed by atoms with Crippen LogP contribution in [0.4, 0.5) is 0 Å². The molecule has 0 fully saturated rings. The summed E-state index contributed by atoms with van der Waals surface area (Å²) < 4.78 is 0. The van der Waals surface area contributed by atoms with Gasteiger partial charge in [-0.15, -0.1) is 0 Å². The van der Waals surface area contributed by atoms with Crippen molar-refractivity contribution >= 4 is 0 Å². The van der Waals surface area contributed by atoms with Gasteiger partial charge < -0.3 is 0 Å². The number of nitrogens with zero attached hydrogens (tertiary/aromatic N) is 2. The normalized spacial score (nSPS) is 18.8. The van der Waals surface area contributed by atoms with Crippen LogP contribution in [0.2, 0.25) is 0 Å². The van der Waals surface area contributed by atoms with Gasteiger partial charge in [-0.1, -0.05) is 13.0 Å². The molecule has 0 bridgehead atoms. The summed E-state index contributed by atoms with van der Waals surface area (Å²) >= 11 is 0. The molecule has 3 rings (SSSR count). The van der Waals surface area contributed by atoms with Crippen molar-refractivity contribution in [3.63, 3.8) is 0 Å². The van der Waals surface area contributed by atoms with Crippen molar-refractivity contribution in [1.29, 1.82) is 0 Å². The first-order valence-corrected chi connectivity index (χ1v) is 7.17. The third kappa shape index (κ3) is 2.21. The first-order chi connectivity index (χ1) is 9.85. The summed E-state index contributed by atoms with van der Waals surface area (Å²) in [5.74, 6) is 6.20. The lowest BCUT2D eigenvalue weighted by Gasteiger charge is -2.25. The van der Waals surface area contributed by atoms with Crippen molar-refractivity contribution in [3.8, 4) is 0 Å². The fourth-order valence-electron chi connectivity index (χ4n) is 3.23. The summed E-state index contributed by atoms with van der Waals surface area (Å²) in [4.78, 5) is 8.80. The molecule has 1 aliphatic rings. The molecule has 0 saturated heterocycles. The number of nitrogens with one attached hydrogen (secondary N) is 1. The minimum Gasteiger partial charge on any atom is -0.271 e. The second kappa shape index (κ2) is 5.69. The van der Waals surface area contributed by atoms with Crippen LogP contribution < -0.4 is 11.3 Å².